The topological polar surface area (TPSA) is 83.8 Å². The zero-order valence-electron chi connectivity index (χ0n) is 10.3. The van der Waals surface area contributed by atoms with Crippen molar-refractivity contribution in [1.29, 1.82) is 0 Å². The van der Waals surface area contributed by atoms with Crippen molar-refractivity contribution in [1.82, 2.24) is 0 Å². The molecule has 0 saturated heterocycles. The van der Waals surface area contributed by atoms with Gasteiger partial charge in [0.2, 0.25) is 0 Å². The number of ether oxygens (including phenoxy) is 1. The molecule has 0 aliphatic carbocycles. The third-order valence-electron chi connectivity index (χ3n) is 2.60. The Labute approximate surface area is 129 Å². The minimum atomic E-state index is -1.42. The Morgan fingerprint density at radius 1 is 0.905 bits per heavy atom. The second-order valence-corrected chi connectivity index (χ2v) is 4.76. The Kier molecular flexibility index (Phi) is 4.35. The maximum Gasteiger partial charge on any atom is 0.340 e. The molecule has 0 aromatic heterocycles. The van der Waals surface area contributed by atoms with Gasteiger partial charge in [0, 0.05) is 0 Å². The lowest BCUT2D eigenvalue weighted by atomic mass is 10.1. The van der Waals surface area contributed by atoms with Crippen LogP contribution in [0.5, 0.6) is 11.5 Å². The van der Waals surface area contributed by atoms with Gasteiger partial charge >= 0.3 is 11.9 Å². The Balaban J connectivity index is 2.57. The van der Waals surface area contributed by atoms with Crippen LogP contribution in [0.4, 0.5) is 0 Å². The van der Waals surface area contributed by atoms with E-state index in [0.29, 0.717) is 0 Å². The molecule has 0 atom stereocenters. The fourth-order valence-electron chi connectivity index (χ4n) is 1.70. The van der Waals surface area contributed by atoms with Crippen LogP contribution in [0.25, 0.3) is 0 Å². The summed E-state index contributed by atoms with van der Waals surface area (Å²) in [5.74, 6) is -2.89. The van der Waals surface area contributed by atoms with Gasteiger partial charge in [-0.25, -0.2) is 9.59 Å². The minimum Gasteiger partial charge on any atom is -0.478 e. The molecular weight excluding hydrogens is 319 g/mol. The molecule has 2 aromatic rings. The molecule has 0 bridgehead atoms. The summed E-state index contributed by atoms with van der Waals surface area (Å²) in [5.41, 5.74) is -0.857. The number of carboxylic acid groups (broad SMARTS) is 2. The second kappa shape index (κ2) is 6.03. The van der Waals surface area contributed by atoms with E-state index in [9.17, 15) is 14.7 Å². The highest BCUT2D eigenvalue weighted by molar-refractivity contribution is 6.37. The van der Waals surface area contributed by atoms with Crippen LogP contribution in [0.2, 0.25) is 10.0 Å². The van der Waals surface area contributed by atoms with Crippen molar-refractivity contribution < 1.29 is 24.5 Å². The van der Waals surface area contributed by atoms with Gasteiger partial charge < -0.3 is 14.9 Å². The molecule has 0 heterocycles. The van der Waals surface area contributed by atoms with Gasteiger partial charge in [-0.2, -0.15) is 0 Å². The first-order valence-corrected chi connectivity index (χ1v) is 6.39. The number of para-hydroxylation sites is 1. The molecule has 0 radical (unpaired) electrons. The summed E-state index contributed by atoms with van der Waals surface area (Å²) in [7, 11) is 0. The zero-order chi connectivity index (χ0) is 15.6. The smallest absolute Gasteiger partial charge is 0.340 e. The van der Waals surface area contributed by atoms with Gasteiger partial charge in [-0.15, -0.1) is 0 Å². The van der Waals surface area contributed by atoms with Crippen LogP contribution in [-0.2, 0) is 0 Å². The fraction of sp³-hybridized carbons (Fsp3) is 0. The number of hydrogen-bond acceptors (Lipinski definition) is 3. The van der Waals surface area contributed by atoms with Gasteiger partial charge in [0.1, 0.15) is 11.3 Å². The lowest BCUT2D eigenvalue weighted by Gasteiger charge is -2.12. The normalized spacial score (nSPS) is 10.2. The first-order valence-electron chi connectivity index (χ1n) is 5.63. The van der Waals surface area contributed by atoms with Crippen LogP contribution in [0.3, 0.4) is 0 Å². The van der Waals surface area contributed by atoms with Gasteiger partial charge in [0.25, 0.3) is 0 Å². The summed E-state index contributed by atoms with van der Waals surface area (Å²) >= 11 is 11.9. The Bertz CT molecular complexity index is 707. The van der Waals surface area contributed by atoms with E-state index in [0.717, 1.165) is 0 Å². The Morgan fingerprint density at radius 2 is 1.48 bits per heavy atom. The van der Waals surface area contributed by atoms with Gasteiger partial charge in [-0.05, 0) is 24.3 Å². The Hall–Kier alpha value is -2.24. The number of benzene rings is 2. The lowest BCUT2D eigenvalue weighted by molar-refractivity contribution is 0.0649. The highest BCUT2D eigenvalue weighted by atomic mass is 35.5. The van der Waals surface area contributed by atoms with E-state index >= 15 is 0 Å². The third kappa shape index (κ3) is 3.09. The van der Waals surface area contributed by atoms with Crippen LogP contribution in [0, 0.1) is 0 Å². The number of hydrogen-bond donors (Lipinski definition) is 2. The highest BCUT2D eigenvalue weighted by Crippen LogP contribution is 2.37. The van der Waals surface area contributed by atoms with Crippen LogP contribution < -0.4 is 4.74 Å². The number of carboxylic acids is 2. The van der Waals surface area contributed by atoms with E-state index in [1.807, 2.05) is 0 Å². The first kappa shape index (κ1) is 15.2. The quantitative estimate of drug-likeness (QED) is 0.880. The summed E-state index contributed by atoms with van der Waals surface area (Å²) in [6.45, 7) is 0. The predicted octanol–water partition coefficient (Wildman–Crippen LogP) is 4.18. The fourth-order valence-corrected chi connectivity index (χ4v) is 2.18. The van der Waals surface area contributed by atoms with Gasteiger partial charge in [0.05, 0.1) is 15.6 Å². The molecule has 108 valence electrons. The summed E-state index contributed by atoms with van der Waals surface area (Å²) in [6, 6.07) is 8.51. The summed E-state index contributed by atoms with van der Waals surface area (Å²) in [5, 5.41) is 18.6. The van der Waals surface area contributed by atoms with Crippen molar-refractivity contribution in [2.75, 3.05) is 0 Å². The van der Waals surface area contributed by atoms with Crippen molar-refractivity contribution in [3.05, 3.63) is 57.6 Å². The largest absolute Gasteiger partial charge is 0.478 e. The molecule has 5 nitrogen and oxygen atoms in total. The van der Waals surface area contributed by atoms with E-state index in [1.165, 1.54) is 30.3 Å². The standard InChI is InChI=1S/C14H8Cl2O5/c15-8-4-2-5-9(16)12(8)21-10-6-1-3-7(13(17)18)11(10)14(19)20/h1-6H,(H,17,18)(H,19,20). The van der Waals surface area contributed by atoms with Gasteiger partial charge in [0.15, 0.2) is 5.75 Å². The molecule has 21 heavy (non-hydrogen) atoms. The second-order valence-electron chi connectivity index (χ2n) is 3.94. The molecular formula is C14H8Cl2O5. The predicted molar refractivity (Wildman–Crippen MR) is 76.9 cm³/mol. The van der Waals surface area contributed by atoms with E-state index in [1.54, 1.807) is 6.07 Å². The van der Waals surface area contributed by atoms with Crippen LogP contribution in [0.15, 0.2) is 36.4 Å². The van der Waals surface area contributed by atoms with Crippen LogP contribution >= 0.6 is 23.2 Å². The van der Waals surface area contributed by atoms with Crippen molar-refractivity contribution in [3.63, 3.8) is 0 Å². The Morgan fingerprint density at radius 3 is 2.00 bits per heavy atom. The van der Waals surface area contributed by atoms with Crippen LogP contribution in [0.1, 0.15) is 20.7 Å². The SMILES string of the molecule is O=C(O)c1cccc(Oc2c(Cl)cccc2Cl)c1C(=O)O. The molecule has 0 fully saturated rings. The average molecular weight is 327 g/mol. The van der Waals surface area contributed by atoms with Crippen molar-refractivity contribution in [3.8, 4) is 11.5 Å². The van der Waals surface area contributed by atoms with Crippen molar-refractivity contribution >= 4 is 35.1 Å². The number of halogens is 2. The van der Waals surface area contributed by atoms with E-state index in [2.05, 4.69) is 0 Å². The molecule has 7 heteroatoms. The van der Waals surface area contributed by atoms with E-state index in [4.69, 9.17) is 33.0 Å². The van der Waals surface area contributed by atoms with E-state index < -0.39 is 17.5 Å². The minimum absolute atomic E-state index is 0.0610. The zero-order valence-corrected chi connectivity index (χ0v) is 11.9. The van der Waals surface area contributed by atoms with Gasteiger partial charge in [-0.1, -0.05) is 35.3 Å². The monoisotopic (exact) mass is 326 g/mol. The molecule has 0 saturated carbocycles. The summed E-state index contributed by atoms with van der Waals surface area (Å²) in [4.78, 5) is 22.4. The number of rotatable bonds is 4. The number of aromatic carboxylic acids is 2. The molecule has 0 unspecified atom stereocenters. The molecule has 2 rings (SSSR count). The maximum atomic E-state index is 11.3. The van der Waals surface area contributed by atoms with Gasteiger partial charge in [-0.3, -0.25) is 0 Å². The van der Waals surface area contributed by atoms with Crippen molar-refractivity contribution in [2.24, 2.45) is 0 Å². The third-order valence-corrected chi connectivity index (χ3v) is 3.20. The van der Waals surface area contributed by atoms with Crippen molar-refractivity contribution in [2.45, 2.75) is 0 Å². The molecule has 0 spiro atoms. The lowest BCUT2D eigenvalue weighted by Crippen LogP contribution is -2.09. The van der Waals surface area contributed by atoms with E-state index in [-0.39, 0.29) is 27.1 Å². The summed E-state index contributed by atoms with van der Waals surface area (Å²) < 4.78 is 5.42. The van der Waals surface area contributed by atoms with Crippen LogP contribution in [-0.4, -0.2) is 22.2 Å². The molecule has 0 amide bonds. The first-order chi connectivity index (χ1) is 9.91. The highest BCUT2D eigenvalue weighted by Gasteiger charge is 2.22. The molecule has 2 aromatic carbocycles. The summed E-state index contributed by atoms with van der Waals surface area (Å²) in [6.07, 6.45) is 0. The molecule has 0 aliphatic rings. The molecule has 0 aliphatic heterocycles. The maximum absolute atomic E-state index is 11.3. The number of carbonyl (C=O) groups is 2. The average Bonchev–Trinajstić information content (AvgIpc) is 2.42. The molecule has 2 N–H and O–H groups in total.